The van der Waals surface area contributed by atoms with Gasteiger partial charge < -0.3 is 9.42 Å². The van der Waals surface area contributed by atoms with E-state index >= 15 is 0 Å². The van der Waals surface area contributed by atoms with Gasteiger partial charge in [-0.1, -0.05) is 117 Å². The molecule has 0 bridgehead atoms. The van der Waals surface area contributed by atoms with E-state index in [0.717, 1.165) is 12.0 Å². The summed E-state index contributed by atoms with van der Waals surface area (Å²) in [6.45, 7) is 4.41. The van der Waals surface area contributed by atoms with Crippen molar-refractivity contribution in [3.05, 3.63) is 138 Å². The third-order valence-corrected chi connectivity index (χ3v) is 6.74. The second-order valence-electron chi connectivity index (χ2n) is 8.59. The van der Waals surface area contributed by atoms with Gasteiger partial charge >= 0.3 is 8.60 Å². The number of rotatable bonds is 8. The number of allylic oxidation sites excluding steroid dienone is 4. The van der Waals surface area contributed by atoms with E-state index in [1.165, 1.54) is 16.7 Å². The molecule has 0 aromatic heterocycles. The molecule has 3 nitrogen and oxygen atoms in total. The molecule has 0 heterocycles. The van der Waals surface area contributed by atoms with Gasteiger partial charge in [0.05, 0.1) is 0 Å². The monoisotopic (exact) mass is 470 g/mol. The van der Waals surface area contributed by atoms with Crippen LogP contribution in [-0.2, 0) is 4.52 Å². The first-order chi connectivity index (χ1) is 16.6. The minimum absolute atomic E-state index is 0.224. The SMILES string of the molecule is CC(C=C1C=CC(OP(O)Oc2ccccc2)C(=CC(C)c2ccccc2)C1)c1ccccc1. The van der Waals surface area contributed by atoms with Crippen LogP contribution in [0.3, 0.4) is 0 Å². The highest BCUT2D eigenvalue weighted by Gasteiger charge is 2.24. The molecule has 0 saturated carbocycles. The zero-order chi connectivity index (χ0) is 23.8. The molecule has 4 atom stereocenters. The van der Waals surface area contributed by atoms with Gasteiger partial charge in [0.15, 0.2) is 0 Å². The molecule has 0 radical (unpaired) electrons. The molecule has 1 N–H and O–H groups in total. The number of hydrogen-bond acceptors (Lipinski definition) is 3. The number of hydrogen-bond donors (Lipinski definition) is 1. The van der Waals surface area contributed by atoms with Gasteiger partial charge in [0, 0.05) is 0 Å². The highest BCUT2D eigenvalue weighted by atomic mass is 31.2. The van der Waals surface area contributed by atoms with Gasteiger partial charge in [-0.25, -0.2) is 0 Å². The van der Waals surface area contributed by atoms with Crippen LogP contribution in [0.5, 0.6) is 5.75 Å². The Bertz CT molecular complexity index is 1120. The maximum atomic E-state index is 10.5. The van der Waals surface area contributed by atoms with E-state index in [9.17, 15) is 4.89 Å². The van der Waals surface area contributed by atoms with Gasteiger partial charge in [-0.15, -0.1) is 0 Å². The molecule has 1 aliphatic rings. The number of para-hydroxylation sites is 1. The standard InChI is InChI=1S/C30H31O3P/c1-23(26-12-6-3-7-13-26)20-25-18-19-30(33-34(31)32-29-16-10-5-11-17-29)28(22-25)21-24(2)27-14-8-4-9-15-27/h3-21,23-24,30-31H,22H2,1-2H3. The van der Waals surface area contributed by atoms with Crippen LogP contribution in [0.2, 0.25) is 0 Å². The van der Waals surface area contributed by atoms with Crippen LogP contribution in [0.25, 0.3) is 0 Å². The van der Waals surface area contributed by atoms with Gasteiger partial charge in [0.2, 0.25) is 0 Å². The first kappa shape index (κ1) is 24.2. The van der Waals surface area contributed by atoms with Crippen molar-refractivity contribution < 1.29 is 13.9 Å². The Morgan fingerprint density at radius 1 is 0.794 bits per heavy atom. The van der Waals surface area contributed by atoms with Crippen LogP contribution in [0.1, 0.15) is 43.2 Å². The molecule has 4 heteroatoms. The molecule has 0 saturated heterocycles. The van der Waals surface area contributed by atoms with Crippen molar-refractivity contribution in [3.63, 3.8) is 0 Å². The van der Waals surface area contributed by atoms with Crippen LogP contribution in [0.15, 0.2) is 126 Å². The van der Waals surface area contributed by atoms with E-state index in [4.69, 9.17) is 9.05 Å². The minimum atomic E-state index is -2.06. The lowest BCUT2D eigenvalue weighted by molar-refractivity contribution is 0.232. The summed E-state index contributed by atoms with van der Waals surface area (Å²) >= 11 is 0. The molecule has 3 aromatic rings. The van der Waals surface area contributed by atoms with Crippen LogP contribution in [0.4, 0.5) is 0 Å². The lowest BCUT2D eigenvalue weighted by atomic mass is 9.87. The Kier molecular flexibility index (Phi) is 8.49. The molecular formula is C30H31O3P. The molecule has 34 heavy (non-hydrogen) atoms. The van der Waals surface area contributed by atoms with Crippen LogP contribution in [0, 0.1) is 0 Å². The van der Waals surface area contributed by atoms with Crippen molar-refractivity contribution in [2.75, 3.05) is 0 Å². The van der Waals surface area contributed by atoms with Crippen LogP contribution < -0.4 is 4.52 Å². The summed E-state index contributed by atoms with van der Waals surface area (Å²) in [7, 11) is -2.06. The molecule has 4 rings (SSSR count). The third kappa shape index (κ3) is 6.77. The quantitative estimate of drug-likeness (QED) is 0.267. The molecule has 174 valence electrons. The first-order valence-electron chi connectivity index (χ1n) is 11.7. The Morgan fingerprint density at radius 3 is 1.91 bits per heavy atom. The fourth-order valence-electron chi connectivity index (χ4n) is 4.14. The minimum Gasteiger partial charge on any atom is -0.427 e. The largest absolute Gasteiger partial charge is 0.427 e. The zero-order valence-electron chi connectivity index (χ0n) is 19.6. The summed E-state index contributed by atoms with van der Waals surface area (Å²) in [4.78, 5) is 10.5. The highest BCUT2D eigenvalue weighted by Crippen LogP contribution is 2.41. The Labute approximate surface area is 204 Å². The fraction of sp³-hybridized carbons (Fsp3) is 0.200. The van der Waals surface area contributed by atoms with E-state index < -0.39 is 8.60 Å². The second kappa shape index (κ2) is 11.9. The molecule has 4 unspecified atom stereocenters. The fourth-order valence-corrected chi connectivity index (χ4v) is 4.88. The third-order valence-electron chi connectivity index (χ3n) is 5.97. The van der Waals surface area contributed by atoms with Crippen molar-refractivity contribution >= 4 is 8.60 Å². The molecular weight excluding hydrogens is 439 g/mol. The summed E-state index contributed by atoms with van der Waals surface area (Å²) < 4.78 is 11.6. The van der Waals surface area contributed by atoms with E-state index in [1.807, 2.05) is 48.5 Å². The van der Waals surface area contributed by atoms with Crippen molar-refractivity contribution in [3.8, 4) is 5.75 Å². The van der Waals surface area contributed by atoms with Crippen LogP contribution >= 0.6 is 8.60 Å². The molecule has 0 amide bonds. The van der Waals surface area contributed by atoms with Crippen molar-refractivity contribution in [1.82, 2.24) is 0 Å². The van der Waals surface area contributed by atoms with E-state index in [1.54, 1.807) is 0 Å². The van der Waals surface area contributed by atoms with Gasteiger partial charge in [-0.2, -0.15) is 0 Å². The summed E-state index contributed by atoms with van der Waals surface area (Å²) in [5.41, 5.74) is 4.91. The van der Waals surface area contributed by atoms with Crippen molar-refractivity contribution in [2.24, 2.45) is 0 Å². The zero-order valence-corrected chi connectivity index (χ0v) is 20.5. The van der Waals surface area contributed by atoms with Crippen molar-refractivity contribution in [1.29, 1.82) is 0 Å². The van der Waals surface area contributed by atoms with Gasteiger partial charge in [-0.3, -0.25) is 4.52 Å². The van der Waals surface area contributed by atoms with E-state index in [-0.39, 0.29) is 12.0 Å². The second-order valence-corrected chi connectivity index (χ2v) is 9.46. The summed E-state index contributed by atoms with van der Waals surface area (Å²) in [5.74, 6) is 1.13. The molecule has 3 aromatic carbocycles. The lowest BCUT2D eigenvalue weighted by Gasteiger charge is -2.26. The van der Waals surface area contributed by atoms with Gasteiger partial charge in [0.25, 0.3) is 0 Å². The summed E-state index contributed by atoms with van der Waals surface area (Å²) in [5, 5.41) is 0. The predicted molar refractivity (Wildman–Crippen MR) is 141 cm³/mol. The first-order valence-corrected chi connectivity index (χ1v) is 12.8. The Morgan fingerprint density at radius 2 is 1.32 bits per heavy atom. The maximum absolute atomic E-state index is 10.5. The highest BCUT2D eigenvalue weighted by molar-refractivity contribution is 7.41. The smallest absolute Gasteiger partial charge is 0.395 e. The van der Waals surface area contributed by atoms with E-state index in [2.05, 4.69) is 80.6 Å². The normalized spacial score (nSPS) is 20.7. The average Bonchev–Trinajstić information content (AvgIpc) is 2.87. The number of benzene rings is 3. The van der Waals surface area contributed by atoms with Gasteiger partial charge in [-0.05, 0) is 52.7 Å². The molecule has 0 fully saturated rings. The Balaban J connectivity index is 1.55. The summed E-state index contributed by atoms with van der Waals surface area (Å²) in [6.07, 6.45) is 9.14. The predicted octanol–water partition coefficient (Wildman–Crippen LogP) is 8.09. The maximum Gasteiger partial charge on any atom is 0.395 e. The van der Waals surface area contributed by atoms with E-state index in [0.29, 0.717) is 11.7 Å². The van der Waals surface area contributed by atoms with Crippen LogP contribution in [-0.4, -0.2) is 11.0 Å². The average molecular weight is 471 g/mol. The molecule has 0 aliphatic heterocycles. The summed E-state index contributed by atoms with van der Waals surface area (Å²) in [6, 6.07) is 30.2. The van der Waals surface area contributed by atoms with Crippen molar-refractivity contribution in [2.45, 2.75) is 38.2 Å². The topological polar surface area (TPSA) is 38.7 Å². The molecule has 1 aliphatic carbocycles. The Hall–Kier alpha value is -2.97. The lowest BCUT2D eigenvalue weighted by Crippen LogP contribution is -2.17. The molecule has 0 spiro atoms. The van der Waals surface area contributed by atoms with Gasteiger partial charge in [0.1, 0.15) is 11.9 Å².